The van der Waals surface area contributed by atoms with Crippen LogP contribution in [-0.2, 0) is 12.7 Å². The number of carbonyl (C=O) groups is 1. The Hall–Kier alpha value is -1.80. The third-order valence-electron chi connectivity index (χ3n) is 4.68. The fraction of sp³-hybridized carbons (Fsp3) is 0.533. The van der Waals surface area contributed by atoms with Gasteiger partial charge in [-0.2, -0.15) is 13.2 Å². The Morgan fingerprint density at radius 3 is 2.61 bits per heavy atom. The summed E-state index contributed by atoms with van der Waals surface area (Å²) in [6.45, 7) is 1.95. The molecule has 2 aliphatic rings. The topological polar surface area (TPSA) is 61.6 Å². The number of piperazine rings is 1. The van der Waals surface area contributed by atoms with Crippen molar-refractivity contribution >= 4 is 11.7 Å². The Labute approximate surface area is 132 Å². The fourth-order valence-electron chi connectivity index (χ4n) is 3.56. The number of fused-ring (bicyclic) bond motifs is 2. The number of nitrogens with one attached hydrogen (secondary N) is 1. The summed E-state index contributed by atoms with van der Waals surface area (Å²) in [4.78, 5) is 15.2. The zero-order valence-electron chi connectivity index (χ0n) is 12.7. The standard InChI is InChI=1S/C15H19F3N4O/c1-21-7-12-5-11(21)8-22(12)6-9-2-3-10(20-14(19)23)4-13(9)15(16,17)18/h2-4,11-12H,5-8H2,1H3,(H3,19,20,23). The maximum atomic E-state index is 13.3. The van der Waals surface area contributed by atoms with Crippen LogP contribution in [0.4, 0.5) is 23.7 Å². The molecule has 0 saturated carbocycles. The minimum atomic E-state index is -4.47. The Morgan fingerprint density at radius 2 is 2.09 bits per heavy atom. The van der Waals surface area contributed by atoms with Gasteiger partial charge in [-0.1, -0.05) is 6.07 Å². The normalized spacial score (nSPS) is 25.0. The molecule has 3 N–H and O–H groups in total. The van der Waals surface area contributed by atoms with E-state index in [9.17, 15) is 18.0 Å². The van der Waals surface area contributed by atoms with Crippen molar-refractivity contribution < 1.29 is 18.0 Å². The number of hydrogen-bond acceptors (Lipinski definition) is 3. The van der Waals surface area contributed by atoms with E-state index in [4.69, 9.17) is 5.73 Å². The first-order chi connectivity index (χ1) is 10.7. The molecule has 2 fully saturated rings. The van der Waals surface area contributed by atoms with Crippen LogP contribution >= 0.6 is 0 Å². The van der Waals surface area contributed by atoms with Crippen LogP contribution < -0.4 is 11.1 Å². The first-order valence-corrected chi connectivity index (χ1v) is 7.45. The predicted molar refractivity (Wildman–Crippen MR) is 79.9 cm³/mol. The molecule has 0 aromatic heterocycles. The van der Waals surface area contributed by atoms with Crippen molar-refractivity contribution in [2.75, 3.05) is 25.5 Å². The quantitative estimate of drug-likeness (QED) is 0.893. The molecule has 2 bridgehead atoms. The van der Waals surface area contributed by atoms with Crippen molar-refractivity contribution in [3.63, 3.8) is 0 Å². The highest BCUT2D eigenvalue weighted by Crippen LogP contribution is 2.36. The minimum Gasteiger partial charge on any atom is -0.351 e. The number of benzene rings is 1. The summed E-state index contributed by atoms with van der Waals surface area (Å²) in [5.41, 5.74) is 4.52. The van der Waals surface area contributed by atoms with E-state index in [1.54, 1.807) is 0 Å². The number of amides is 2. The van der Waals surface area contributed by atoms with Crippen molar-refractivity contribution in [2.45, 2.75) is 31.2 Å². The van der Waals surface area contributed by atoms with Crippen molar-refractivity contribution in [1.29, 1.82) is 0 Å². The molecule has 2 saturated heterocycles. The fourth-order valence-corrected chi connectivity index (χ4v) is 3.56. The number of likely N-dealkylation sites (N-methyl/N-ethyl adjacent to an activating group) is 1. The molecule has 23 heavy (non-hydrogen) atoms. The Morgan fingerprint density at radius 1 is 1.35 bits per heavy atom. The monoisotopic (exact) mass is 328 g/mol. The van der Waals surface area contributed by atoms with Gasteiger partial charge in [-0.3, -0.25) is 4.90 Å². The second kappa shape index (κ2) is 5.68. The average Bonchev–Trinajstić information content (AvgIpc) is 2.97. The second-order valence-corrected chi connectivity index (χ2v) is 6.27. The summed E-state index contributed by atoms with van der Waals surface area (Å²) in [7, 11) is 2.05. The smallest absolute Gasteiger partial charge is 0.351 e. The highest BCUT2D eigenvalue weighted by molar-refractivity contribution is 5.87. The Balaban J connectivity index is 1.82. The molecule has 1 aromatic rings. The number of primary amides is 1. The number of rotatable bonds is 3. The van der Waals surface area contributed by atoms with Crippen LogP contribution in [0.3, 0.4) is 0 Å². The molecule has 5 nitrogen and oxygen atoms in total. The predicted octanol–water partition coefficient (Wildman–Crippen LogP) is 2.08. The van der Waals surface area contributed by atoms with Gasteiger partial charge in [0.05, 0.1) is 5.56 Å². The highest BCUT2D eigenvalue weighted by atomic mass is 19.4. The lowest BCUT2D eigenvalue weighted by Crippen LogP contribution is -2.44. The molecular weight excluding hydrogens is 309 g/mol. The first kappa shape index (κ1) is 16.1. The maximum Gasteiger partial charge on any atom is 0.416 e. The van der Waals surface area contributed by atoms with Crippen molar-refractivity contribution in [1.82, 2.24) is 9.80 Å². The van der Waals surface area contributed by atoms with Gasteiger partial charge in [0.1, 0.15) is 0 Å². The van der Waals surface area contributed by atoms with E-state index in [0.717, 1.165) is 25.6 Å². The molecule has 8 heteroatoms. The number of urea groups is 1. The molecule has 2 aliphatic heterocycles. The summed E-state index contributed by atoms with van der Waals surface area (Å²) in [5.74, 6) is 0. The van der Waals surface area contributed by atoms with E-state index in [-0.39, 0.29) is 17.8 Å². The number of alkyl halides is 3. The van der Waals surface area contributed by atoms with E-state index in [0.29, 0.717) is 12.1 Å². The van der Waals surface area contributed by atoms with Gasteiger partial charge in [0.2, 0.25) is 0 Å². The van der Waals surface area contributed by atoms with E-state index in [1.807, 2.05) is 7.05 Å². The van der Waals surface area contributed by atoms with Crippen molar-refractivity contribution in [2.24, 2.45) is 5.73 Å². The molecule has 3 rings (SSSR count). The Bertz CT molecular complexity index is 617. The first-order valence-electron chi connectivity index (χ1n) is 7.45. The summed E-state index contributed by atoms with van der Waals surface area (Å²) >= 11 is 0. The van der Waals surface area contributed by atoms with Gasteiger partial charge >= 0.3 is 12.2 Å². The molecule has 2 unspecified atom stereocenters. The van der Waals surface area contributed by atoms with Crippen LogP contribution in [0.2, 0.25) is 0 Å². The molecule has 0 spiro atoms. The molecule has 0 aliphatic carbocycles. The number of halogens is 3. The molecule has 2 amide bonds. The summed E-state index contributed by atoms with van der Waals surface area (Å²) in [6, 6.07) is 3.69. The SMILES string of the molecule is CN1CC2CC1CN2Cc1ccc(NC(N)=O)cc1C(F)(F)F. The van der Waals surface area contributed by atoms with Crippen LogP contribution in [0.15, 0.2) is 18.2 Å². The van der Waals surface area contributed by atoms with Crippen molar-refractivity contribution in [3.05, 3.63) is 29.3 Å². The van der Waals surface area contributed by atoms with Gasteiger partial charge in [0.15, 0.2) is 0 Å². The van der Waals surface area contributed by atoms with E-state index < -0.39 is 17.8 Å². The minimum absolute atomic E-state index is 0.0521. The van der Waals surface area contributed by atoms with Gasteiger partial charge in [-0.05, 0) is 31.2 Å². The second-order valence-electron chi connectivity index (χ2n) is 6.27. The zero-order chi connectivity index (χ0) is 16.8. The molecule has 1 aromatic carbocycles. The van der Waals surface area contributed by atoms with Gasteiger partial charge in [0, 0.05) is 37.4 Å². The van der Waals surface area contributed by atoms with Crippen LogP contribution in [0.5, 0.6) is 0 Å². The molecular formula is C15H19F3N4O. The van der Waals surface area contributed by atoms with Gasteiger partial charge in [0.25, 0.3) is 0 Å². The van der Waals surface area contributed by atoms with Crippen LogP contribution in [-0.4, -0.2) is 48.1 Å². The molecule has 2 atom stereocenters. The largest absolute Gasteiger partial charge is 0.416 e. The van der Waals surface area contributed by atoms with Crippen LogP contribution in [0, 0.1) is 0 Å². The van der Waals surface area contributed by atoms with Crippen LogP contribution in [0.25, 0.3) is 0 Å². The average molecular weight is 328 g/mol. The van der Waals surface area contributed by atoms with Crippen molar-refractivity contribution in [3.8, 4) is 0 Å². The van der Waals surface area contributed by atoms with E-state index in [2.05, 4.69) is 15.1 Å². The molecule has 2 heterocycles. The molecule has 0 radical (unpaired) electrons. The number of hydrogen-bond donors (Lipinski definition) is 2. The van der Waals surface area contributed by atoms with E-state index in [1.165, 1.54) is 12.1 Å². The van der Waals surface area contributed by atoms with Gasteiger partial charge in [-0.25, -0.2) is 4.79 Å². The van der Waals surface area contributed by atoms with Gasteiger partial charge < -0.3 is 16.0 Å². The summed E-state index contributed by atoms with van der Waals surface area (Å²) in [6.07, 6.45) is -3.46. The van der Waals surface area contributed by atoms with E-state index >= 15 is 0 Å². The lowest BCUT2D eigenvalue weighted by Gasteiger charge is -2.32. The summed E-state index contributed by atoms with van der Waals surface area (Å²) < 4.78 is 40.0. The lowest BCUT2D eigenvalue weighted by molar-refractivity contribution is -0.138. The number of nitrogens with two attached hydrogens (primary N) is 1. The van der Waals surface area contributed by atoms with Gasteiger partial charge in [-0.15, -0.1) is 0 Å². The summed E-state index contributed by atoms with van der Waals surface area (Å²) in [5, 5.41) is 2.19. The Kier molecular flexibility index (Phi) is 3.97. The molecule has 126 valence electrons. The van der Waals surface area contributed by atoms with Crippen LogP contribution in [0.1, 0.15) is 17.5 Å². The number of nitrogens with zero attached hydrogens (tertiary/aromatic N) is 2. The number of carbonyl (C=O) groups excluding carboxylic acids is 1. The third-order valence-corrected chi connectivity index (χ3v) is 4.68. The maximum absolute atomic E-state index is 13.3. The highest BCUT2D eigenvalue weighted by Gasteiger charge is 2.42. The number of likely N-dealkylation sites (tertiary alicyclic amines) is 2. The lowest BCUT2D eigenvalue weighted by atomic mass is 10.0. The zero-order valence-corrected chi connectivity index (χ0v) is 12.7. The third kappa shape index (κ3) is 3.28. The number of anilines is 1.